The quantitative estimate of drug-likeness (QED) is 0.0129. The standard InChI is InChI=1S/C89H133N11O37/c1-13-15-16-17-18-19-20-21-22-23-24-25-60(134-88-73(117)74(59(111)40-128-88)137-87-68(92-46(7)104)72(116)70(114)61(39-101)135-87)71(115)85(125)98-66(43(4)103)82(122)99-67-44(5)129-86(126)58(37-52-28-32-54(110)33-29-52)96-84(124)69(45(6)130-89-77(133-50(11)108)76(132-49(10)107)75(131-48(9)106)62(136-89)41-127-47(8)105)100(12)64(113)38-91-78(118)56(34-35-63(90)112)94-79(119)55(14-2)93-80(120)57(36-51-26-30-53(109)31-27-51)95-81(121)65(42(3)102)97-83(67)123/h14,26-33,42-45,56-62,65-77,87-89,101-103,109-111,114-117H,13,15-25,34-41H2,1-12H3,(H2,90,112)(H,91,118)(H,92,104)(H,93,120)(H,94,119)(H,95,121)(H,96,124)(H,97,123)(H,98,125)(H,99,122)/b55-14-/t42-,43?,44+,45?,56+,57+,58-,59+,60?,61-,62-,65-,66?,67-,68-,69?,70-,71?,72-,73-,74+,75-,76+,77+,87+,88-,89+/m0/s1. The predicted molar refractivity (Wildman–Crippen MR) is 470 cm³/mol. The van der Waals surface area contributed by atoms with Crippen LogP contribution in [0, 0.1) is 0 Å². The Kier molecular flexibility index (Phi) is 46.8. The van der Waals surface area contributed by atoms with E-state index in [1.807, 2.05) is 0 Å². The molecule has 27 atom stereocenters. The first-order valence-corrected chi connectivity index (χ1v) is 45.3. The van der Waals surface area contributed by atoms with Gasteiger partial charge in [-0.25, -0.2) is 4.79 Å². The van der Waals surface area contributed by atoms with Crippen molar-refractivity contribution in [1.29, 1.82) is 0 Å². The van der Waals surface area contributed by atoms with E-state index in [9.17, 15) is 109 Å². The number of nitrogens with zero attached hydrogens (tertiary/aromatic N) is 1. The van der Waals surface area contributed by atoms with Crippen LogP contribution in [0.25, 0.3) is 0 Å². The molecule has 766 valence electrons. The lowest BCUT2D eigenvalue weighted by molar-refractivity contribution is -0.339. The van der Waals surface area contributed by atoms with Crippen molar-refractivity contribution in [2.75, 3.05) is 33.4 Å². The van der Waals surface area contributed by atoms with Gasteiger partial charge in [0.05, 0.1) is 44.2 Å². The summed E-state index contributed by atoms with van der Waals surface area (Å²) >= 11 is 0. The number of aliphatic hydroxyl groups is 8. The third-order valence-electron chi connectivity index (χ3n) is 22.8. The number of allylic oxidation sites excluding steroid dienone is 1. The molecule has 48 nitrogen and oxygen atoms in total. The van der Waals surface area contributed by atoms with Gasteiger partial charge in [-0.2, -0.15) is 0 Å². The first kappa shape index (κ1) is 114. The van der Waals surface area contributed by atoms with Gasteiger partial charge >= 0.3 is 29.8 Å². The molecule has 4 heterocycles. The van der Waals surface area contributed by atoms with E-state index in [0.717, 1.165) is 139 Å². The second kappa shape index (κ2) is 56.0. The van der Waals surface area contributed by atoms with E-state index in [-0.39, 0.29) is 35.5 Å². The van der Waals surface area contributed by atoms with Crippen molar-refractivity contribution >= 4 is 94.8 Å². The van der Waals surface area contributed by atoms with E-state index >= 15 is 19.2 Å². The number of ether oxygens (including phenoxy) is 11. The molecule has 4 fully saturated rings. The van der Waals surface area contributed by atoms with E-state index in [0.29, 0.717) is 17.7 Å². The summed E-state index contributed by atoms with van der Waals surface area (Å²) in [6.45, 7) is 8.62. The molecule has 6 rings (SSSR count). The number of unbranched alkanes of at least 4 members (excludes halogenated alkanes) is 10. The monoisotopic (exact) mass is 1950 g/mol. The van der Waals surface area contributed by atoms with Gasteiger partial charge in [-0.05, 0) is 82.9 Å². The van der Waals surface area contributed by atoms with Crippen molar-refractivity contribution in [2.24, 2.45) is 5.73 Å². The van der Waals surface area contributed by atoms with Crippen LogP contribution in [-0.4, -0.2) is 349 Å². The Balaban J connectivity index is 1.50. The lowest BCUT2D eigenvalue weighted by Gasteiger charge is -2.46. The maximum Gasteiger partial charge on any atom is 0.329 e. The van der Waals surface area contributed by atoms with Gasteiger partial charge in [0.15, 0.2) is 43.3 Å². The average molecular weight is 1950 g/mol. The number of phenols is 2. The molecule has 0 aliphatic carbocycles. The number of cyclic esters (lactones) is 1. The number of carbonyl (C=O) groups excluding carboxylic acids is 16. The van der Waals surface area contributed by atoms with Crippen LogP contribution in [0.15, 0.2) is 60.3 Å². The Morgan fingerprint density at radius 1 is 0.606 bits per heavy atom. The van der Waals surface area contributed by atoms with Gasteiger partial charge in [0.25, 0.3) is 11.8 Å². The van der Waals surface area contributed by atoms with E-state index < -0.39 is 317 Å². The molecule has 48 heteroatoms. The summed E-state index contributed by atoms with van der Waals surface area (Å²) < 4.78 is 64.1. The zero-order valence-corrected chi connectivity index (χ0v) is 78.4. The number of likely N-dealkylation sites (N-methyl/N-ethyl adjacent to an activating group) is 1. The molecule has 6 unspecified atom stereocenters. The molecule has 2 aromatic rings. The molecular formula is C89H133N11O37. The number of nitrogens with two attached hydrogens (primary N) is 1. The summed E-state index contributed by atoms with van der Waals surface area (Å²) in [5.74, 6) is -20.5. The van der Waals surface area contributed by atoms with Gasteiger partial charge in [-0.3, -0.25) is 71.9 Å². The van der Waals surface area contributed by atoms with Crippen LogP contribution >= 0.6 is 0 Å². The Morgan fingerprint density at radius 3 is 1.70 bits per heavy atom. The van der Waals surface area contributed by atoms with Crippen LogP contribution in [0.3, 0.4) is 0 Å². The zero-order chi connectivity index (χ0) is 102. The SMILES string of the molecule is C/C=C1\NC(=O)[C@@H](Cc2ccc(O)cc2)NC(=O)[C@H]([C@H](C)O)NC(=O)[C@@H](NC(=O)C(NC(=O)C(O)C(CCCCCCCCCCCCC)O[C@@H]2OC[C@@H](O)[C@@H](O[C@H]3O[C@@H](CO)[C@H](O)[C@@H](O)[C@@H]3NC(C)=O)[C@@H]2O)C(C)O)[C@@H](C)OC(=O)[C@H](Cc2ccc(O)cc2)NC(=O)C(C(C)O[C@@H]2O[C@@H](COC(C)=O)[C@H](OC(C)=O)[C@@H](OC(C)=O)[C@H]2OC(C)=O)N(C)C(=O)CNC(=O)[C@@H](CCC(N)=O)NC1=O. The number of hydrogen-bond donors (Lipinski definition) is 20. The number of aliphatic hydroxyl groups excluding tert-OH is 8. The maximum absolute atomic E-state index is 15.8. The van der Waals surface area contributed by atoms with E-state index in [1.54, 1.807) is 0 Å². The van der Waals surface area contributed by atoms with Crippen LogP contribution < -0.4 is 53.6 Å². The Morgan fingerprint density at radius 2 is 1.16 bits per heavy atom. The molecule has 0 radical (unpaired) electrons. The minimum absolute atomic E-state index is 0.0880. The summed E-state index contributed by atoms with van der Waals surface area (Å²) in [6.07, 6.45) is -28.9. The van der Waals surface area contributed by atoms with Crippen LogP contribution in [0.1, 0.15) is 177 Å². The molecule has 0 spiro atoms. The largest absolute Gasteiger partial charge is 0.508 e. The van der Waals surface area contributed by atoms with Crippen molar-refractivity contribution in [2.45, 2.75) is 344 Å². The Labute approximate surface area is 790 Å². The number of hydrogen-bond acceptors (Lipinski definition) is 37. The molecule has 137 heavy (non-hydrogen) atoms. The maximum atomic E-state index is 15.8. The fourth-order valence-electron chi connectivity index (χ4n) is 15.5. The Bertz CT molecular complexity index is 4410. The third kappa shape index (κ3) is 35.6. The summed E-state index contributed by atoms with van der Waals surface area (Å²) in [5, 5.41) is 132. The molecule has 4 aliphatic rings. The highest BCUT2D eigenvalue weighted by molar-refractivity contribution is 6.03. The number of esters is 5. The molecule has 21 N–H and O–H groups in total. The van der Waals surface area contributed by atoms with Crippen molar-refractivity contribution in [3.8, 4) is 11.5 Å². The highest BCUT2D eigenvalue weighted by Gasteiger charge is 2.56. The van der Waals surface area contributed by atoms with E-state index in [4.69, 9.17) is 57.8 Å². The highest BCUT2D eigenvalue weighted by atomic mass is 16.8. The molecule has 0 aromatic heterocycles. The van der Waals surface area contributed by atoms with Gasteiger partial charge < -0.3 is 162 Å². The second-order valence-corrected chi connectivity index (χ2v) is 34.0. The van der Waals surface area contributed by atoms with E-state index in [2.05, 4.69) is 54.8 Å². The number of rotatable bonds is 40. The minimum Gasteiger partial charge on any atom is -0.508 e. The number of primary amides is 1. The van der Waals surface area contributed by atoms with Gasteiger partial charge in [0, 0.05) is 60.9 Å². The molecule has 4 saturated heterocycles. The first-order valence-electron chi connectivity index (χ1n) is 45.3. The number of amides is 11. The minimum atomic E-state index is -2.47. The van der Waals surface area contributed by atoms with Crippen LogP contribution in [0.4, 0.5) is 0 Å². The molecule has 0 saturated carbocycles. The lowest BCUT2D eigenvalue weighted by Crippen LogP contribution is -2.67. The van der Waals surface area contributed by atoms with Gasteiger partial charge in [-0.1, -0.05) is 108 Å². The Hall–Kier alpha value is -11.3. The number of benzene rings is 2. The fourth-order valence-corrected chi connectivity index (χ4v) is 15.5. The predicted octanol–water partition coefficient (Wildman–Crippen LogP) is -4.93. The fraction of sp³-hybridized carbons (Fsp3) is 0.663. The van der Waals surface area contributed by atoms with Crippen molar-refractivity contribution in [3.05, 3.63) is 71.4 Å². The van der Waals surface area contributed by atoms with Crippen molar-refractivity contribution in [3.63, 3.8) is 0 Å². The normalized spacial score (nSPS) is 28.6. The highest BCUT2D eigenvalue weighted by Crippen LogP contribution is 2.34. The number of phenolic OH excluding ortho intramolecular Hbond substituents is 2. The molecule has 11 amide bonds. The van der Waals surface area contributed by atoms with Gasteiger partial charge in [0.2, 0.25) is 53.2 Å². The molecule has 4 aliphatic heterocycles. The number of nitrogens with one attached hydrogen (secondary N) is 9. The summed E-state index contributed by atoms with van der Waals surface area (Å²) in [4.78, 5) is 227. The van der Waals surface area contributed by atoms with Crippen LogP contribution in [0.5, 0.6) is 11.5 Å². The molecule has 0 bridgehead atoms. The zero-order valence-electron chi connectivity index (χ0n) is 78.4. The summed E-state index contributed by atoms with van der Waals surface area (Å²) in [5.41, 5.74) is 5.15. The smallest absolute Gasteiger partial charge is 0.329 e. The van der Waals surface area contributed by atoms with Gasteiger partial charge in [-0.15, -0.1) is 0 Å². The number of carbonyl (C=O) groups is 16. The third-order valence-corrected chi connectivity index (χ3v) is 22.8. The van der Waals surface area contributed by atoms with Crippen LogP contribution in [-0.2, 0) is 142 Å². The van der Waals surface area contributed by atoms with Crippen molar-refractivity contribution in [1.82, 2.24) is 52.8 Å². The van der Waals surface area contributed by atoms with Gasteiger partial charge in [0.1, 0.15) is 121 Å². The molecule has 2 aromatic carbocycles. The number of aromatic hydroxyl groups is 2. The molecular weight excluding hydrogens is 1820 g/mol. The topological polar surface area (TPSA) is 714 Å². The van der Waals surface area contributed by atoms with E-state index in [1.165, 1.54) is 43.3 Å². The van der Waals surface area contributed by atoms with Crippen LogP contribution in [0.2, 0.25) is 0 Å². The van der Waals surface area contributed by atoms with Crippen molar-refractivity contribution < 1.29 is 180 Å². The average Bonchev–Trinajstić information content (AvgIpc) is 0.796. The summed E-state index contributed by atoms with van der Waals surface area (Å²) in [7, 11) is 0.965. The second-order valence-electron chi connectivity index (χ2n) is 34.0. The summed E-state index contributed by atoms with van der Waals surface area (Å²) in [6, 6.07) is -6.77. The lowest BCUT2D eigenvalue weighted by atomic mass is 9.96. The first-order chi connectivity index (χ1) is 64.7.